The van der Waals surface area contributed by atoms with E-state index in [0.717, 1.165) is 13.6 Å². The van der Waals surface area contributed by atoms with Crippen LogP contribution < -0.4 is 14.9 Å². The molecule has 0 aliphatic carbocycles. The van der Waals surface area contributed by atoms with Crippen molar-refractivity contribution in [3.63, 3.8) is 0 Å². The summed E-state index contributed by atoms with van der Waals surface area (Å²) >= 11 is 8.90. The van der Waals surface area contributed by atoms with Crippen LogP contribution in [0.3, 0.4) is 0 Å². The molecule has 0 atom stereocenters. The van der Waals surface area contributed by atoms with Crippen molar-refractivity contribution >= 4 is 72.5 Å². The topological polar surface area (TPSA) is 77.0 Å². The number of benzene rings is 3. The molecule has 0 unspecified atom stereocenters. The Kier molecular flexibility index (Phi) is 8.83. The van der Waals surface area contributed by atoms with Crippen LogP contribution >= 0.6 is 54.5 Å². The molecule has 0 aliphatic heterocycles. The second-order valence-corrected chi connectivity index (χ2v) is 9.51. The highest BCUT2D eigenvalue weighted by molar-refractivity contribution is 14.1. The SMILES string of the molecule is Cc1cccc(OCC(=O)N/N=C/c2cc(Br)cc(Br)c2OC(=O)c2ccccc2I)c1. The summed E-state index contributed by atoms with van der Waals surface area (Å²) in [6.45, 7) is 1.76. The number of esters is 1. The molecule has 3 rings (SSSR count). The Hall–Kier alpha value is -2.24. The summed E-state index contributed by atoms with van der Waals surface area (Å²) in [7, 11) is 0. The molecule has 0 aromatic heterocycles. The molecule has 0 heterocycles. The third-order valence-electron chi connectivity index (χ3n) is 4.08. The lowest BCUT2D eigenvalue weighted by Crippen LogP contribution is -2.24. The van der Waals surface area contributed by atoms with Crippen LogP contribution in [0, 0.1) is 10.5 Å². The van der Waals surface area contributed by atoms with Gasteiger partial charge in [-0.2, -0.15) is 5.10 Å². The van der Waals surface area contributed by atoms with Gasteiger partial charge in [-0.1, -0.05) is 40.2 Å². The maximum atomic E-state index is 12.7. The first-order valence-corrected chi connectivity index (χ1v) is 12.0. The molecule has 0 fully saturated rings. The van der Waals surface area contributed by atoms with Gasteiger partial charge in [-0.05, 0) is 87.4 Å². The number of hydrazone groups is 1. The predicted octanol–water partition coefficient (Wildman–Crippen LogP) is 5.87. The number of halogens is 3. The number of nitrogens with one attached hydrogen (secondary N) is 1. The second kappa shape index (κ2) is 11.6. The zero-order chi connectivity index (χ0) is 23.1. The Morgan fingerprint density at radius 1 is 1.09 bits per heavy atom. The number of aryl methyl sites for hydroxylation is 1. The predicted molar refractivity (Wildman–Crippen MR) is 138 cm³/mol. The monoisotopic (exact) mass is 670 g/mol. The Bertz CT molecular complexity index is 1180. The first kappa shape index (κ1) is 24.4. The smallest absolute Gasteiger partial charge is 0.344 e. The van der Waals surface area contributed by atoms with Crippen LogP contribution in [-0.4, -0.2) is 24.7 Å². The lowest BCUT2D eigenvalue weighted by Gasteiger charge is -2.11. The van der Waals surface area contributed by atoms with E-state index in [9.17, 15) is 9.59 Å². The largest absolute Gasteiger partial charge is 0.484 e. The quantitative estimate of drug-likeness (QED) is 0.112. The third-order valence-corrected chi connectivity index (χ3v) is 6.07. The molecule has 0 bridgehead atoms. The normalized spacial score (nSPS) is 10.8. The number of hydrogen-bond acceptors (Lipinski definition) is 5. The van der Waals surface area contributed by atoms with Crippen molar-refractivity contribution in [2.24, 2.45) is 5.10 Å². The minimum atomic E-state index is -0.497. The van der Waals surface area contributed by atoms with Crippen molar-refractivity contribution in [1.29, 1.82) is 0 Å². The lowest BCUT2D eigenvalue weighted by atomic mass is 10.2. The Morgan fingerprint density at radius 3 is 2.62 bits per heavy atom. The Labute approximate surface area is 215 Å². The summed E-state index contributed by atoms with van der Waals surface area (Å²) < 4.78 is 13.2. The van der Waals surface area contributed by atoms with Gasteiger partial charge in [0, 0.05) is 13.6 Å². The summed E-state index contributed by atoms with van der Waals surface area (Å²) in [5.41, 5.74) is 4.39. The van der Waals surface area contributed by atoms with E-state index in [1.165, 1.54) is 6.21 Å². The fourth-order valence-corrected chi connectivity index (χ4v) is 4.57. The first-order chi connectivity index (χ1) is 15.3. The Morgan fingerprint density at radius 2 is 1.88 bits per heavy atom. The van der Waals surface area contributed by atoms with E-state index in [-0.39, 0.29) is 12.4 Å². The molecule has 3 aromatic carbocycles. The number of amides is 1. The molecule has 1 amide bonds. The van der Waals surface area contributed by atoms with Crippen molar-refractivity contribution < 1.29 is 19.1 Å². The van der Waals surface area contributed by atoms with Gasteiger partial charge in [0.2, 0.25) is 0 Å². The van der Waals surface area contributed by atoms with Crippen LogP contribution in [0.4, 0.5) is 0 Å². The van der Waals surface area contributed by atoms with Crippen LogP contribution in [0.15, 0.2) is 74.7 Å². The lowest BCUT2D eigenvalue weighted by molar-refractivity contribution is -0.123. The third kappa shape index (κ3) is 6.88. The number of hydrogen-bond donors (Lipinski definition) is 1. The molecular weight excluding hydrogens is 655 g/mol. The number of carbonyl (C=O) groups excluding carboxylic acids is 2. The van der Waals surface area contributed by atoms with Crippen LogP contribution in [-0.2, 0) is 4.79 Å². The molecule has 6 nitrogen and oxygen atoms in total. The average molecular weight is 672 g/mol. The fraction of sp³-hybridized carbons (Fsp3) is 0.0870. The molecule has 164 valence electrons. The average Bonchev–Trinajstić information content (AvgIpc) is 2.75. The van der Waals surface area contributed by atoms with E-state index in [0.29, 0.717) is 21.3 Å². The number of ether oxygens (including phenoxy) is 2. The van der Waals surface area contributed by atoms with E-state index in [4.69, 9.17) is 9.47 Å². The van der Waals surface area contributed by atoms with Crippen molar-refractivity contribution in [3.05, 3.63) is 89.9 Å². The molecule has 0 spiro atoms. The van der Waals surface area contributed by atoms with Gasteiger partial charge in [0.05, 0.1) is 16.3 Å². The minimum Gasteiger partial charge on any atom is -0.484 e. The van der Waals surface area contributed by atoms with Crippen LogP contribution in [0.25, 0.3) is 0 Å². The van der Waals surface area contributed by atoms with E-state index in [2.05, 4.69) is 65.0 Å². The van der Waals surface area contributed by atoms with Gasteiger partial charge >= 0.3 is 5.97 Å². The van der Waals surface area contributed by atoms with E-state index < -0.39 is 11.9 Å². The zero-order valence-electron chi connectivity index (χ0n) is 16.8. The van der Waals surface area contributed by atoms with Crippen molar-refractivity contribution in [3.8, 4) is 11.5 Å². The van der Waals surface area contributed by atoms with Gasteiger partial charge < -0.3 is 9.47 Å². The van der Waals surface area contributed by atoms with Crippen LogP contribution in [0.1, 0.15) is 21.5 Å². The van der Waals surface area contributed by atoms with E-state index >= 15 is 0 Å². The molecule has 0 saturated heterocycles. The van der Waals surface area contributed by atoms with Crippen molar-refractivity contribution in [2.45, 2.75) is 6.92 Å². The number of carbonyl (C=O) groups is 2. The van der Waals surface area contributed by atoms with Gasteiger partial charge in [-0.15, -0.1) is 0 Å². The standard InChI is InChI=1S/C23H17Br2IN2O4/c1-14-5-4-6-17(9-14)31-13-21(29)28-27-12-15-10-16(24)11-19(25)22(15)32-23(30)18-7-2-3-8-20(18)26/h2-12H,13H2,1H3,(H,28,29)/b27-12+. The maximum absolute atomic E-state index is 12.7. The van der Waals surface area contributed by atoms with Crippen molar-refractivity contribution in [2.75, 3.05) is 6.61 Å². The molecule has 0 saturated carbocycles. The Balaban J connectivity index is 1.69. The van der Waals surface area contributed by atoms with Gasteiger partial charge in [0.25, 0.3) is 5.91 Å². The summed E-state index contributed by atoms with van der Waals surface area (Å²) in [6.07, 6.45) is 1.40. The molecular formula is C23H17Br2IN2O4. The minimum absolute atomic E-state index is 0.183. The molecule has 1 N–H and O–H groups in total. The highest BCUT2D eigenvalue weighted by Gasteiger charge is 2.17. The number of rotatable bonds is 7. The van der Waals surface area contributed by atoms with E-state index in [1.807, 2.05) is 37.3 Å². The highest BCUT2D eigenvalue weighted by atomic mass is 127. The molecule has 0 aliphatic rings. The van der Waals surface area contributed by atoms with E-state index in [1.54, 1.807) is 30.3 Å². The van der Waals surface area contributed by atoms with Gasteiger partial charge in [-0.3, -0.25) is 4.79 Å². The summed E-state index contributed by atoms with van der Waals surface area (Å²) in [4.78, 5) is 24.7. The first-order valence-electron chi connectivity index (χ1n) is 9.30. The summed E-state index contributed by atoms with van der Waals surface area (Å²) in [5.74, 6) is -0.0332. The fourth-order valence-electron chi connectivity index (χ4n) is 2.62. The summed E-state index contributed by atoms with van der Waals surface area (Å²) in [5, 5.41) is 3.97. The highest BCUT2D eigenvalue weighted by Crippen LogP contribution is 2.33. The molecule has 0 radical (unpaired) electrons. The molecule has 9 heteroatoms. The zero-order valence-corrected chi connectivity index (χ0v) is 22.1. The van der Waals surface area contributed by atoms with Gasteiger partial charge in [0.15, 0.2) is 12.4 Å². The maximum Gasteiger partial charge on any atom is 0.344 e. The molecule has 32 heavy (non-hydrogen) atoms. The number of nitrogens with zero attached hydrogens (tertiary/aromatic N) is 1. The molecule has 3 aromatic rings. The van der Waals surface area contributed by atoms with Crippen LogP contribution in [0.2, 0.25) is 0 Å². The van der Waals surface area contributed by atoms with Gasteiger partial charge in [0.1, 0.15) is 5.75 Å². The summed E-state index contributed by atoms with van der Waals surface area (Å²) in [6, 6.07) is 18.0. The van der Waals surface area contributed by atoms with Crippen molar-refractivity contribution in [1.82, 2.24) is 5.43 Å². The van der Waals surface area contributed by atoms with Crippen LogP contribution in [0.5, 0.6) is 11.5 Å². The second-order valence-electron chi connectivity index (χ2n) is 6.57. The van der Waals surface area contributed by atoms with Gasteiger partial charge in [-0.25, -0.2) is 10.2 Å².